The third kappa shape index (κ3) is 4.54. The molecule has 36 heavy (non-hydrogen) atoms. The van der Waals surface area contributed by atoms with Crippen molar-refractivity contribution in [1.82, 2.24) is 19.9 Å². The molecule has 4 aromatic rings. The molecule has 0 fully saturated rings. The minimum Gasteiger partial charge on any atom is -0.452 e. The smallest absolute Gasteiger partial charge is 0.274 e. The summed E-state index contributed by atoms with van der Waals surface area (Å²) >= 11 is 1.04. The van der Waals surface area contributed by atoms with E-state index in [0.717, 1.165) is 22.5 Å². The van der Waals surface area contributed by atoms with E-state index < -0.39 is 11.4 Å². The number of H-pyrrole nitrogens is 1. The van der Waals surface area contributed by atoms with Gasteiger partial charge in [0.2, 0.25) is 0 Å². The fraction of sp³-hybridized carbons (Fsp3) is 0.346. The van der Waals surface area contributed by atoms with Gasteiger partial charge in [-0.1, -0.05) is 0 Å². The Balaban J connectivity index is 2.01. The minimum absolute atomic E-state index is 0.0659. The van der Waals surface area contributed by atoms with E-state index in [2.05, 4.69) is 15.3 Å². The van der Waals surface area contributed by atoms with E-state index in [1.54, 1.807) is 31.7 Å². The van der Waals surface area contributed by atoms with Crippen LogP contribution in [-0.4, -0.2) is 31.6 Å². The average molecular weight is 513 g/mol. The zero-order chi connectivity index (χ0) is 26.5. The molecule has 10 heteroatoms. The number of rotatable bonds is 6. The summed E-state index contributed by atoms with van der Waals surface area (Å²) < 4.78 is 23.4. The number of amides is 1. The number of nitrogens with one attached hydrogen (secondary N) is 2. The lowest BCUT2D eigenvalue weighted by atomic mass is 10.1. The summed E-state index contributed by atoms with van der Waals surface area (Å²) in [5.74, 6) is -0.655. The predicted molar refractivity (Wildman–Crippen MR) is 138 cm³/mol. The number of nitrogens with zero attached hydrogens (tertiary/aromatic N) is 2. The van der Waals surface area contributed by atoms with E-state index in [1.807, 2.05) is 27.7 Å². The first-order valence-electron chi connectivity index (χ1n) is 11.5. The molecule has 0 unspecified atom stereocenters. The SMILES string of the molecule is Cc1cncc(C)c1Oc1c(-c2cn(C)c(=O)c3[nH]c(C(=O)NC(C)C)cc23)sc(C(C)(C)O)c1F. The topological polar surface area (TPSA) is 109 Å². The lowest BCUT2D eigenvalue weighted by Crippen LogP contribution is -2.30. The Hall–Kier alpha value is -3.50. The molecule has 0 saturated carbocycles. The van der Waals surface area contributed by atoms with Gasteiger partial charge in [-0.05, 0) is 47.6 Å². The zero-order valence-corrected chi connectivity index (χ0v) is 22.1. The molecule has 0 aromatic carbocycles. The van der Waals surface area contributed by atoms with Crippen LogP contribution in [0.25, 0.3) is 21.3 Å². The highest BCUT2D eigenvalue weighted by Gasteiger charge is 2.32. The van der Waals surface area contributed by atoms with E-state index in [-0.39, 0.29) is 39.3 Å². The number of aromatic amines is 1. The molecular weight excluding hydrogens is 483 g/mol. The molecule has 0 aliphatic heterocycles. The number of carbonyl (C=O) groups excluding carboxylic acids is 1. The number of aliphatic hydroxyl groups is 1. The molecule has 190 valence electrons. The first kappa shape index (κ1) is 25.6. The van der Waals surface area contributed by atoms with Crippen LogP contribution in [0.15, 0.2) is 29.5 Å². The van der Waals surface area contributed by atoms with Crippen molar-refractivity contribution in [1.29, 1.82) is 0 Å². The number of fused-ring (bicyclic) bond motifs is 1. The maximum atomic E-state index is 15.8. The average Bonchev–Trinajstić information content (AvgIpc) is 3.35. The quantitative estimate of drug-likeness (QED) is 0.340. The molecule has 8 nitrogen and oxygen atoms in total. The molecule has 0 bridgehead atoms. The van der Waals surface area contributed by atoms with E-state index >= 15 is 4.39 Å². The Morgan fingerprint density at radius 1 is 1.25 bits per heavy atom. The van der Waals surface area contributed by atoms with Gasteiger partial charge in [0.15, 0.2) is 11.6 Å². The monoisotopic (exact) mass is 512 g/mol. The van der Waals surface area contributed by atoms with Crippen molar-refractivity contribution in [2.24, 2.45) is 7.05 Å². The van der Waals surface area contributed by atoms with Crippen LogP contribution in [0, 0.1) is 19.7 Å². The predicted octanol–water partition coefficient (Wildman–Crippen LogP) is 4.90. The number of hydrogen-bond donors (Lipinski definition) is 3. The van der Waals surface area contributed by atoms with Crippen LogP contribution in [0.1, 0.15) is 54.2 Å². The van der Waals surface area contributed by atoms with Crippen LogP contribution in [0.3, 0.4) is 0 Å². The normalized spacial score (nSPS) is 11.9. The van der Waals surface area contributed by atoms with E-state index in [0.29, 0.717) is 21.6 Å². The largest absolute Gasteiger partial charge is 0.452 e. The number of hydrogen-bond acceptors (Lipinski definition) is 6. The zero-order valence-electron chi connectivity index (χ0n) is 21.2. The van der Waals surface area contributed by atoms with Gasteiger partial charge in [-0.2, -0.15) is 0 Å². The molecule has 4 heterocycles. The van der Waals surface area contributed by atoms with Crippen molar-refractivity contribution < 1.29 is 19.0 Å². The molecule has 4 aromatic heterocycles. The Bertz CT molecular complexity index is 1520. The highest BCUT2D eigenvalue weighted by Crippen LogP contribution is 2.49. The molecule has 0 spiro atoms. The van der Waals surface area contributed by atoms with Gasteiger partial charge in [0.1, 0.15) is 17.0 Å². The maximum Gasteiger partial charge on any atom is 0.274 e. The number of ether oxygens (including phenoxy) is 1. The first-order chi connectivity index (χ1) is 16.8. The third-order valence-corrected chi connectivity index (χ3v) is 7.19. The number of halogens is 1. The van der Waals surface area contributed by atoms with Crippen molar-refractivity contribution in [2.75, 3.05) is 0 Å². The van der Waals surface area contributed by atoms with Crippen LogP contribution in [0.5, 0.6) is 11.5 Å². The number of thiophene rings is 1. The van der Waals surface area contributed by atoms with Gasteiger partial charge in [-0.25, -0.2) is 4.39 Å². The molecule has 0 aliphatic rings. The van der Waals surface area contributed by atoms with Crippen LogP contribution in [0.4, 0.5) is 4.39 Å². The molecule has 4 rings (SSSR count). The second-order valence-electron chi connectivity index (χ2n) is 9.73. The summed E-state index contributed by atoms with van der Waals surface area (Å²) in [6.07, 6.45) is 4.83. The number of aromatic nitrogens is 3. The lowest BCUT2D eigenvalue weighted by molar-refractivity contribution is 0.0785. The number of aryl methyl sites for hydroxylation is 3. The van der Waals surface area contributed by atoms with Gasteiger partial charge >= 0.3 is 0 Å². The maximum absolute atomic E-state index is 15.8. The summed E-state index contributed by atoms with van der Waals surface area (Å²) in [6.45, 7) is 10.3. The van der Waals surface area contributed by atoms with Crippen LogP contribution < -0.4 is 15.6 Å². The van der Waals surface area contributed by atoms with Crippen LogP contribution in [-0.2, 0) is 12.6 Å². The van der Waals surface area contributed by atoms with Crippen LogP contribution >= 0.6 is 11.3 Å². The highest BCUT2D eigenvalue weighted by molar-refractivity contribution is 7.16. The summed E-state index contributed by atoms with van der Waals surface area (Å²) in [5.41, 5.74) is 0.544. The first-order valence-corrected chi connectivity index (χ1v) is 12.3. The Kier molecular flexibility index (Phi) is 6.52. The summed E-state index contributed by atoms with van der Waals surface area (Å²) in [7, 11) is 1.58. The third-order valence-electron chi connectivity index (χ3n) is 5.70. The van der Waals surface area contributed by atoms with E-state index in [9.17, 15) is 14.7 Å². The van der Waals surface area contributed by atoms with Crippen molar-refractivity contribution in [3.05, 3.63) is 62.5 Å². The Morgan fingerprint density at radius 2 is 1.89 bits per heavy atom. The number of pyridine rings is 2. The molecule has 0 saturated heterocycles. The summed E-state index contributed by atoms with van der Waals surface area (Å²) in [6, 6.07) is 1.48. The van der Waals surface area contributed by atoms with Crippen molar-refractivity contribution in [3.63, 3.8) is 0 Å². The molecular formula is C26H29FN4O4S. The second-order valence-corrected chi connectivity index (χ2v) is 10.7. The standard InChI is InChI=1S/C26H29FN4O4S/c1-12(2)29-24(32)17-8-15-16(11-31(7)25(33)19(15)30-17)22-21(18(27)23(36-22)26(5,6)34)35-20-13(3)9-28-10-14(20)4/h8-12,30,34H,1-7H3,(H,29,32). The van der Waals surface area contributed by atoms with Gasteiger partial charge in [-0.15, -0.1) is 11.3 Å². The summed E-state index contributed by atoms with van der Waals surface area (Å²) in [5, 5.41) is 13.9. The fourth-order valence-corrected chi connectivity index (χ4v) is 5.12. The van der Waals surface area contributed by atoms with Gasteiger partial charge < -0.3 is 24.7 Å². The molecule has 0 atom stereocenters. The van der Waals surface area contributed by atoms with Crippen molar-refractivity contribution >= 4 is 28.1 Å². The second kappa shape index (κ2) is 9.18. The van der Waals surface area contributed by atoms with Crippen molar-refractivity contribution in [2.45, 2.75) is 53.2 Å². The van der Waals surface area contributed by atoms with E-state index in [4.69, 9.17) is 4.74 Å². The summed E-state index contributed by atoms with van der Waals surface area (Å²) in [4.78, 5) is 33.1. The molecule has 1 amide bonds. The Morgan fingerprint density at radius 3 is 2.47 bits per heavy atom. The van der Waals surface area contributed by atoms with Crippen LogP contribution in [0.2, 0.25) is 0 Å². The molecule has 0 radical (unpaired) electrons. The van der Waals surface area contributed by atoms with Gasteiger partial charge in [-0.3, -0.25) is 14.6 Å². The fourth-order valence-electron chi connectivity index (χ4n) is 3.99. The van der Waals surface area contributed by atoms with Gasteiger partial charge in [0, 0.05) is 53.8 Å². The minimum atomic E-state index is -1.48. The number of carbonyl (C=O) groups is 1. The van der Waals surface area contributed by atoms with Gasteiger partial charge in [0.25, 0.3) is 11.5 Å². The van der Waals surface area contributed by atoms with Gasteiger partial charge in [0.05, 0.1) is 15.4 Å². The Labute approximate surface area is 211 Å². The van der Waals surface area contributed by atoms with Crippen molar-refractivity contribution in [3.8, 4) is 21.9 Å². The van der Waals surface area contributed by atoms with E-state index in [1.165, 1.54) is 18.4 Å². The molecule has 3 N–H and O–H groups in total. The highest BCUT2D eigenvalue weighted by atomic mass is 32.1. The molecule has 0 aliphatic carbocycles. The lowest BCUT2D eigenvalue weighted by Gasteiger charge is -2.15.